The Morgan fingerprint density at radius 1 is 1.03 bits per heavy atom. The lowest BCUT2D eigenvalue weighted by Crippen LogP contribution is -2.51. The molecule has 1 fully saturated rings. The van der Waals surface area contributed by atoms with Crippen LogP contribution in [0.3, 0.4) is 0 Å². The second kappa shape index (κ2) is 12.7. The van der Waals surface area contributed by atoms with Crippen molar-refractivity contribution in [3.05, 3.63) is 65.7 Å². The minimum atomic E-state index is -0.439. The largest absolute Gasteiger partial charge is 0.352 e. The molecule has 0 heterocycles. The predicted molar refractivity (Wildman–Crippen MR) is 133 cm³/mol. The fourth-order valence-electron chi connectivity index (χ4n) is 4.35. The minimum Gasteiger partial charge on any atom is -0.352 e. The van der Waals surface area contributed by atoms with E-state index < -0.39 is 6.04 Å². The molecule has 2 amide bonds. The lowest BCUT2D eigenvalue weighted by molar-refractivity contribution is -0.141. The Labute approximate surface area is 197 Å². The van der Waals surface area contributed by atoms with Crippen LogP contribution in [0.15, 0.2) is 59.5 Å². The zero-order valence-electron chi connectivity index (χ0n) is 19.4. The number of nitrogens with one attached hydrogen (secondary N) is 1. The van der Waals surface area contributed by atoms with Gasteiger partial charge in [-0.15, -0.1) is 11.8 Å². The van der Waals surface area contributed by atoms with Gasteiger partial charge >= 0.3 is 0 Å². The standard InChI is InChI=1S/C27H36N2O2S/c1-3-25(27(31)28-23-14-6-4-7-15-23)29(20-22-13-11-10-12-21(22)2)26(30)18-19-32-24-16-8-5-9-17-24/h5,8-13,16-17,23,25H,3-4,6-7,14-15,18-20H2,1-2H3,(H,28,31)/t25-/m1/s1. The van der Waals surface area contributed by atoms with E-state index in [1.807, 2.05) is 42.2 Å². The first-order chi connectivity index (χ1) is 15.6. The molecule has 0 radical (unpaired) electrons. The maximum absolute atomic E-state index is 13.4. The van der Waals surface area contributed by atoms with Crippen molar-refractivity contribution in [1.29, 1.82) is 0 Å². The van der Waals surface area contributed by atoms with E-state index in [0.717, 1.165) is 28.9 Å². The van der Waals surface area contributed by atoms with Crippen LogP contribution in [0.2, 0.25) is 0 Å². The molecule has 5 heteroatoms. The summed E-state index contributed by atoms with van der Waals surface area (Å²) in [4.78, 5) is 29.6. The molecular weight excluding hydrogens is 416 g/mol. The lowest BCUT2D eigenvalue weighted by atomic mass is 9.95. The maximum Gasteiger partial charge on any atom is 0.243 e. The summed E-state index contributed by atoms with van der Waals surface area (Å²) >= 11 is 1.68. The monoisotopic (exact) mass is 452 g/mol. The number of benzene rings is 2. The maximum atomic E-state index is 13.4. The number of hydrogen-bond donors (Lipinski definition) is 1. The van der Waals surface area contributed by atoms with Gasteiger partial charge in [-0.2, -0.15) is 0 Å². The summed E-state index contributed by atoms with van der Waals surface area (Å²) < 4.78 is 0. The van der Waals surface area contributed by atoms with Gasteiger partial charge in [0.2, 0.25) is 11.8 Å². The highest BCUT2D eigenvalue weighted by atomic mass is 32.2. The molecule has 1 saturated carbocycles. The van der Waals surface area contributed by atoms with Gasteiger partial charge in [0.05, 0.1) is 0 Å². The molecular formula is C27H36N2O2S. The van der Waals surface area contributed by atoms with E-state index >= 15 is 0 Å². The molecule has 1 aliphatic carbocycles. The summed E-state index contributed by atoms with van der Waals surface area (Å²) in [5.41, 5.74) is 2.24. The number of rotatable bonds is 10. The van der Waals surface area contributed by atoms with Gasteiger partial charge in [0.25, 0.3) is 0 Å². The van der Waals surface area contributed by atoms with Gasteiger partial charge < -0.3 is 10.2 Å². The van der Waals surface area contributed by atoms with Crippen LogP contribution in [0.4, 0.5) is 0 Å². The van der Waals surface area contributed by atoms with E-state index in [4.69, 9.17) is 0 Å². The summed E-state index contributed by atoms with van der Waals surface area (Å²) in [6, 6.07) is 18.1. The van der Waals surface area contributed by atoms with Gasteiger partial charge in [-0.05, 0) is 49.4 Å². The normalized spacial score (nSPS) is 15.2. The molecule has 172 valence electrons. The Morgan fingerprint density at radius 3 is 2.41 bits per heavy atom. The van der Waals surface area contributed by atoms with Crippen LogP contribution in [-0.4, -0.2) is 34.6 Å². The van der Waals surface area contributed by atoms with E-state index in [9.17, 15) is 9.59 Å². The number of nitrogens with zero attached hydrogens (tertiary/aromatic N) is 1. The third-order valence-corrected chi connectivity index (χ3v) is 7.28. The van der Waals surface area contributed by atoms with Crippen molar-refractivity contribution in [2.45, 2.75) is 82.3 Å². The van der Waals surface area contributed by atoms with Crippen LogP contribution < -0.4 is 5.32 Å². The van der Waals surface area contributed by atoms with E-state index in [-0.39, 0.29) is 17.9 Å². The fraction of sp³-hybridized carbons (Fsp3) is 0.481. The number of carbonyl (C=O) groups is 2. The van der Waals surface area contributed by atoms with E-state index in [1.54, 1.807) is 11.8 Å². The molecule has 1 N–H and O–H groups in total. The molecule has 0 aromatic heterocycles. The Morgan fingerprint density at radius 2 is 1.72 bits per heavy atom. The van der Waals surface area contributed by atoms with E-state index in [0.29, 0.717) is 25.1 Å². The van der Waals surface area contributed by atoms with Crippen LogP contribution in [0.1, 0.15) is 63.0 Å². The third-order valence-electron chi connectivity index (χ3n) is 6.27. The number of amides is 2. The van der Waals surface area contributed by atoms with Crippen molar-refractivity contribution in [2.75, 3.05) is 5.75 Å². The Bertz CT molecular complexity index is 865. The van der Waals surface area contributed by atoms with Crippen molar-refractivity contribution < 1.29 is 9.59 Å². The molecule has 2 aromatic rings. The van der Waals surface area contributed by atoms with Gasteiger partial charge in [0.1, 0.15) is 6.04 Å². The number of carbonyl (C=O) groups excluding carboxylic acids is 2. The molecule has 0 unspecified atom stereocenters. The topological polar surface area (TPSA) is 49.4 Å². The van der Waals surface area contributed by atoms with Crippen molar-refractivity contribution in [3.63, 3.8) is 0 Å². The van der Waals surface area contributed by atoms with Crippen LogP contribution in [0.5, 0.6) is 0 Å². The molecule has 1 aliphatic rings. The van der Waals surface area contributed by atoms with Gasteiger partial charge in [0, 0.05) is 29.7 Å². The molecule has 32 heavy (non-hydrogen) atoms. The first-order valence-electron chi connectivity index (χ1n) is 11.9. The van der Waals surface area contributed by atoms with Crippen molar-refractivity contribution in [3.8, 4) is 0 Å². The van der Waals surface area contributed by atoms with Crippen LogP contribution >= 0.6 is 11.8 Å². The van der Waals surface area contributed by atoms with Gasteiger partial charge in [-0.3, -0.25) is 9.59 Å². The zero-order valence-corrected chi connectivity index (χ0v) is 20.2. The average Bonchev–Trinajstić information content (AvgIpc) is 2.81. The third kappa shape index (κ3) is 7.13. The second-order valence-electron chi connectivity index (χ2n) is 8.63. The highest BCUT2D eigenvalue weighted by Crippen LogP contribution is 2.22. The summed E-state index contributed by atoms with van der Waals surface area (Å²) in [5, 5.41) is 3.25. The first kappa shape index (κ1) is 24.4. The van der Waals surface area contributed by atoms with E-state index in [2.05, 4.69) is 36.5 Å². The first-order valence-corrected chi connectivity index (χ1v) is 12.9. The molecule has 0 saturated heterocycles. The highest BCUT2D eigenvalue weighted by Gasteiger charge is 2.30. The number of aryl methyl sites for hydroxylation is 1. The van der Waals surface area contributed by atoms with Crippen molar-refractivity contribution in [2.24, 2.45) is 0 Å². The highest BCUT2D eigenvalue weighted by molar-refractivity contribution is 7.99. The molecule has 3 rings (SSSR count). The second-order valence-corrected chi connectivity index (χ2v) is 9.80. The lowest BCUT2D eigenvalue weighted by Gasteiger charge is -2.33. The predicted octanol–water partition coefficient (Wildman–Crippen LogP) is 5.73. The Balaban J connectivity index is 1.71. The molecule has 2 aromatic carbocycles. The smallest absolute Gasteiger partial charge is 0.243 e. The minimum absolute atomic E-state index is 0.00273. The van der Waals surface area contributed by atoms with Gasteiger partial charge in [0.15, 0.2) is 0 Å². The SMILES string of the molecule is CC[C@H](C(=O)NC1CCCCC1)N(Cc1ccccc1C)C(=O)CCSc1ccccc1. The van der Waals surface area contributed by atoms with Crippen LogP contribution in [-0.2, 0) is 16.1 Å². The fourth-order valence-corrected chi connectivity index (χ4v) is 5.21. The van der Waals surface area contributed by atoms with Crippen molar-refractivity contribution >= 4 is 23.6 Å². The molecule has 0 aliphatic heterocycles. The molecule has 0 bridgehead atoms. The summed E-state index contributed by atoms with van der Waals surface area (Å²) in [7, 11) is 0. The number of hydrogen-bond acceptors (Lipinski definition) is 3. The van der Waals surface area contributed by atoms with Crippen LogP contribution in [0, 0.1) is 6.92 Å². The van der Waals surface area contributed by atoms with Gasteiger partial charge in [-0.1, -0.05) is 68.7 Å². The van der Waals surface area contributed by atoms with Crippen LogP contribution in [0.25, 0.3) is 0 Å². The van der Waals surface area contributed by atoms with E-state index in [1.165, 1.54) is 19.3 Å². The Hall–Kier alpha value is -2.27. The Kier molecular flexibility index (Phi) is 9.66. The summed E-state index contributed by atoms with van der Waals surface area (Å²) in [6.45, 7) is 4.53. The quantitative estimate of drug-likeness (QED) is 0.468. The average molecular weight is 453 g/mol. The van der Waals surface area contributed by atoms with Crippen molar-refractivity contribution in [1.82, 2.24) is 10.2 Å². The summed E-state index contributed by atoms with van der Waals surface area (Å²) in [5.74, 6) is 0.743. The molecule has 0 spiro atoms. The summed E-state index contributed by atoms with van der Waals surface area (Å²) in [6.07, 6.45) is 6.71. The zero-order chi connectivity index (χ0) is 22.8. The molecule has 1 atom stereocenters. The molecule has 4 nitrogen and oxygen atoms in total. The van der Waals surface area contributed by atoms with Gasteiger partial charge in [-0.25, -0.2) is 0 Å². The number of thioether (sulfide) groups is 1.